The fourth-order valence-electron chi connectivity index (χ4n) is 4.90. The number of hydrogen-bond donors (Lipinski definition) is 1. The molecule has 3 aliphatic rings. The fraction of sp³-hybridized carbons (Fsp3) is 0.423. The number of piperidine rings is 1. The Morgan fingerprint density at radius 3 is 2.53 bits per heavy atom. The van der Waals surface area contributed by atoms with E-state index in [9.17, 15) is 14.4 Å². The molecule has 2 aromatic rings. The second-order valence-electron chi connectivity index (χ2n) is 9.17. The third kappa shape index (κ3) is 4.85. The SMILES string of the molecule is O=C(CC[C@H]1NC(=O)N(Cc2ccc3c(c2)OCO3)C1=O)N1CCC(Cc2ccccc2)CC1. The fourth-order valence-corrected chi connectivity index (χ4v) is 4.90. The smallest absolute Gasteiger partial charge is 0.325 e. The molecule has 2 aromatic carbocycles. The summed E-state index contributed by atoms with van der Waals surface area (Å²) in [4.78, 5) is 41.1. The summed E-state index contributed by atoms with van der Waals surface area (Å²) in [6.45, 7) is 1.82. The van der Waals surface area contributed by atoms with Crippen molar-refractivity contribution >= 4 is 17.8 Å². The minimum Gasteiger partial charge on any atom is -0.454 e. The molecule has 1 N–H and O–H groups in total. The summed E-state index contributed by atoms with van der Waals surface area (Å²) in [5.41, 5.74) is 2.12. The van der Waals surface area contributed by atoms with Gasteiger partial charge in [0, 0.05) is 19.5 Å². The lowest BCUT2D eigenvalue weighted by Crippen LogP contribution is -2.40. The van der Waals surface area contributed by atoms with Crippen LogP contribution in [0.25, 0.3) is 0 Å². The Morgan fingerprint density at radius 1 is 0.971 bits per heavy atom. The normalized spacial score (nSPS) is 20.1. The van der Waals surface area contributed by atoms with E-state index in [1.54, 1.807) is 12.1 Å². The lowest BCUT2D eigenvalue weighted by Gasteiger charge is -2.32. The molecule has 2 saturated heterocycles. The van der Waals surface area contributed by atoms with Gasteiger partial charge in [-0.15, -0.1) is 0 Å². The van der Waals surface area contributed by atoms with Gasteiger partial charge in [0.15, 0.2) is 11.5 Å². The van der Waals surface area contributed by atoms with E-state index in [1.165, 1.54) is 10.5 Å². The monoisotopic (exact) mass is 463 g/mol. The third-order valence-electron chi connectivity index (χ3n) is 6.87. The zero-order valence-corrected chi connectivity index (χ0v) is 19.1. The van der Waals surface area contributed by atoms with Gasteiger partial charge in [-0.05, 0) is 54.9 Å². The highest BCUT2D eigenvalue weighted by molar-refractivity contribution is 6.04. The summed E-state index contributed by atoms with van der Waals surface area (Å²) in [7, 11) is 0. The first-order chi connectivity index (χ1) is 16.6. The van der Waals surface area contributed by atoms with Gasteiger partial charge in [0.1, 0.15) is 6.04 Å². The highest BCUT2D eigenvalue weighted by atomic mass is 16.7. The van der Waals surface area contributed by atoms with E-state index in [-0.39, 0.29) is 31.6 Å². The Balaban J connectivity index is 1.08. The van der Waals surface area contributed by atoms with Gasteiger partial charge in [0.2, 0.25) is 12.7 Å². The average Bonchev–Trinajstić information content (AvgIpc) is 3.43. The van der Waals surface area contributed by atoms with Crippen LogP contribution in [0.5, 0.6) is 11.5 Å². The van der Waals surface area contributed by atoms with Gasteiger partial charge in [-0.1, -0.05) is 36.4 Å². The second-order valence-corrected chi connectivity index (χ2v) is 9.17. The highest BCUT2D eigenvalue weighted by Crippen LogP contribution is 2.33. The van der Waals surface area contributed by atoms with E-state index in [0.29, 0.717) is 23.8 Å². The van der Waals surface area contributed by atoms with Crippen molar-refractivity contribution in [3.8, 4) is 11.5 Å². The van der Waals surface area contributed by atoms with E-state index in [0.717, 1.165) is 37.9 Å². The van der Waals surface area contributed by atoms with Crippen molar-refractivity contribution in [3.05, 3.63) is 59.7 Å². The van der Waals surface area contributed by atoms with Gasteiger partial charge in [0.05, 0.1) is 6.54 Å². The maximum Gasteiger partial charge on any atom is 0.325 e. The molecule has 4 amide bonds. The molecule has 0 bridgehead atoms. The summed E-state index contributed by atoms with van der Waals surface area (Å²) in [5, 5.41) is 2.73. The van der Waals surface area contributed by atoms with Crippen molar-refractivity contribution in [2.24, 2.45) is 5.92 Å². The summed E-state index contributed by atoms with van der Waals surface area (Å²) < 4.78 is 10.7. The largest absolute Gasteiger partial charge is 0.454 e. The molecule has 0 aromatic heterocycles. The van der Waals surface area contributed by atoms with Crippen LogP contribution in [0.4, 0.5) is 4.79 Å². The van der Waals surface area contributed by atoms with E-state index in [4.69, 9.17) is 9.47 Å². The zero-order chi connectivity index (χ0) is 23.5. The summed E-state index contributed by atoms with van der Waals surface area (Å²) >= 11 is 0. The van der Waals surface area contributed by atoms with E-state index >= 15 is 0 Å². The van der Waals surface area contributed by atoms with Gasteiger partial charge in [-0.25, -0.2) is 4.79 Å². The molecule has 3 heterocycles. The number of hydrogen-bond acceptors (Lipinski definition) is 5. The van der Waals surface area contributed by atoms with Crippen LogP contribution in [0.1, 0.15) is 36.8 Å². The Kier molecular flexibility index (Phi) is 6.38. The quantitative estimate of drug-likeness (QED) is 0.638. The molecular formula is C26H29N3O5. The van der Waals surface area contributed by atoms with Crippen LogP contribution in [-0.4, -0.2) is 53.6 Å². The average molecular weight is 464 g/mol. The number of ether oxygens (including phenoxy) is 2. The Morgan fingerprint density at radius 2 is 1.74 bits per heavy atom. The molecule has 178 valence electrons. The molecule has 0 aliphatic carbocycles. The van der Waals surface area contributed by atoms with Crippen molar-refractivity contribution in [1.82, 2.24) is 15.1 Å². The van der Waals surface area contributed by atoms with Crippen LogP contribution in [0.2, 0.25) is 0 Å². The van der Waals surface area contributed by atoms with Crippen LogP contribution >= 0.6 is 0 Å². The standard InChI is InChI=1S/C26H29N3O5/c30-24(28-12-10-19(11-13-28)14-18-4-2-1-3-5-18)9-7-21-25(31)29(26(32)27-21)16-20-6-8-22-23(15-20)34-17-33-22/h1-6,8,15,19,21H,7,9-14,16-17H2,(H,27,32)/t21-/m1/s1. The van der Waals surface area contributed by atoms with Crippen molar-refractivity contribution in [2.45, 2.75) is 44.7 Å². The Bertz CT molecular complexity index is 1070. The Hall–Kier alpha value is -3.55. The molecule has 2 fully saturated rings. The molecule has 0 unspecified atom stereocenters. The van der Waals surface area contributed by atoms with E-state index < -0.39 is 12.1 Å². The van der Waals surface area contributed by atoms with Crippen LogP contribution < -0.4 is 14.8 Å². The minimum atomic E-state index is -0.666. The van der Waals surface area contributed by atoms with E-state index in [1.807, 2.05) is 17.0 Å². The third-order valence-corrected chi connectivity index (χ3v) is 6.87. The number of fused-ring (bicyclic) bond motifs is 1. The number of imide groups is 1. The number of carbonyl (C=O) groups excluding carboxylic acids is 3. The summed E-state index contributed by atoms with van der Waals surface area (Å²) in [6, 6.07) is 14.7. The number of nitrogens with one attached hydrogen (secondary N) is 1. The number of likely N-dealkylation sites (tertiary alicyclic amines) is 1. The zero-order valence-electron chi connectivity index (χ0n) is 19.1. The lowest BCUT2D eigenvalue weighted by atomic mass is 9.90. The van der Waals surface area contributed by atoms with Crippen molar-refractivity contribution in [1.29, 1.82) is 0 Å². The van der Waals surface area contributed by atoms with Gasteiger partial charge in [-0.2, -0.15) is 0 Å². The first kappa shape index (κ1) is 22.3. The number of amides is 4. The molecule has 8 heteroatoms. The summed E-state index contributed by atoms with van der Waals surface area (Å²) in [6.07, 6.45) is 3.58. The molecule has 0 saturated carbocycles. The van der Waals surface area contributed by atoms with Gasteiger partial charge in [0.25, 0.3) is 5.91 Å². The maximum atomic E-state index is 12.8. The van der Waals surface area contributed by atoms with Crippen LogP contribution in [-0.2, 0) is 22.6 Å². The topological polar surface area (TPSA) is 88.2 Å². The van der Waals surface area contributed by atoms with Crippen molar-refractivity contribution < 1.29 is 23.9 Å². The molecular weight excluding hydrogens is 434 g/mol. The number of carbonyl (C=O) groups is 3. The first-order valence-corrected chi connectivity index (χ1v) is 11.9. The van der Waals surface area contributed by atoms with Crippen molar-refractivity contribution in [3.63, 3.8) is 0 Å². The summed E-state index contributed by atoms with van der Waals surface area (Å²) in [5.74, 6) is 1.61. The number of nitrogens with zero attached hydrogens (tertiary/aromatic N) is 2. The molecule has 5 rings (SSSR count). The number of urea groups is 1. The van der Waals surface area contributed by atoms with Gasteiger partial charge >= 0.3 is 6.03 Å². The predicted molar refractivity (Wildman–Crippen MR) is 124 cm³/mol. The predicted octanol–water partition coefficient (Wildman–Crippen LogP) is 3.10. The molecule has 34 heavy (non-hydrogen) atoms. The van der Waals surface area contributed by atoms with Crippen LogP contribution in [0.15, 0.2) is 48.5 Å². The van der Waals surface area contributed by atoms with Gasteiger partial charge < -0.3 is 19.7 Å². The number of benzene rings is 2. The molecule has 8 nitrogen and oxygen atoms in total. The van der Waals surface area contributed by atoms with E-state index in [2.05, 4.69) is 29.6 Å². The molecule has 1 atom stereocenters. The molecule has 0 spiro atoms. The second kappa shape index (κ2) is 9.75. The van der Waals surface area contributed by atoms with Crippen LogP contribution in [0, 0.1) is 5.92 Å². The first-order valence-electron chi connectivity index (χ1n) is 11.9. The highest BCUT2D eigenvalue weighted by Gasteiger charge is 2.38. The van der Waals surface area contributed by atoms with Gasteiger partial charge in [-0.3, -0.25) is 14.5 Å². The lowest BCUT2D eigenvalue weighted by molar-refractivity contribution is -0.133. The van der Waals surface area contributed by atoms with Crippen LogP contribution in [0.3, 0.4) is 0 Å². The maximum absolute atomic E-state index is 12.8. The molecule has 0 radical (unpaired) electrons. The minimum absolute atomic E-state index is 0.0504. The van der Waals surface area contributed by atoms with Crippen molar-refractivity contribution in [2.75, 3.05) is 19.9 Å². The molecule has 3 aliphatic heterocycles. The number of rotatable bonds is 7. The Labute approximate surface area is 198 Å².